The fourth-order valence-electron chi connectivity index (χ4n) is 12.1. The molecular formula is C68H133NO18P2. The zero-order valence-corrected chi connectivity index (χ0v) is 58.7. The van der Waals surface area contributed by atoms with Gasteiger partial charge in [-0.3, -0.25) is 13.8 Å². The van der Waals surface area contributed by atoms with Crippen molar-refractivity contribution < 1.29 is 85.5 Å². The van der Waals surface area contributed by atoms with E-state index >= 15 is 0 Å². The average molecular weight is 1310 g/mol. The first-order valence-electron chi connectivity index (χ1n) is 36.0. The van der Waals surface area contributed by atoms with Gasteiger partial charge in [0.05, 0.1) is 19.3 Å². The Balaban J connectivity index is 2.39. The maximum Gasteiger partial charge on any atom is 0.472 e. The number of rotatable bonds is 62. The smallest absolute Gasteiger partial charge is 0.387 e. The van der Waals surface area contributed by atoms with E-state index in [0.717, 1.165) is 116 Å². The number of aliphatic hydroxyl groups is 1. The third kappa shape index (κ3) is 43.0. The first-order valence-corrected chi connectivity index (χ1v) is 39.1. The summed E-state index contributed by atoms with van der Waals surface area (Å²) < 4.78 is 86.3. The SMILES string of the molecule is CCCCCCCC/C=C/CCCCCCCC(=O)N[C@H]1[C@H](OC[C@H]2O[C@@H](OP(=O)(O)O)[C@H](OCCCCCCCCCCCCCC)[C@@H](OCCCCCCCCCCCC)[C@@H]2O)O[C@H](COC)[C@@H](OP(=O)(O)O)[C@@H]1OCC[C@@H](CCCCCCC)OC. The maximum atomic E-state index is 14.1. The van der Waals surface area contributed by atoms with Crippen LogP contribution in [0.4, 0.5) is 0 Å². The molecule has 89 heavy (non-hydrogen) atoms. The van der Waals surface area contributed by atoms with E-state index in [1.807, 2.05) is 0 Å². The molecule has 11 atom stereocenters. The molecule has 1 amide bonds. The van der Waals surface area contributed by atoms with Gasteiger partial charge in [-0.2, -0.15) is 0 Å². The number of aliphatic hydroxyl groups excluding tert-OH is 1. The van der Waals surface area contributed by atoms with Gasteiger partial charge in [0, 0.05) is 40.5 Å². The molecule has 2 rings (SSSR count). The highest BCUT2D eigenvalue weighted by molar-refractivity contribution is 7.46. The minimum atomic E-state index is -5.23. The van der Waals surface area contributed by atoms with Crippen LogP contribution in [0.3, 0.4) is 0 Å². The van der Waals surface area contributed by atoms with E-state index in [0.29, 0.717) is 25.7 Å². The van der Waals surface area contributed by atoms with Crippen molar-refractivity contribution in [2.24, 2.45) is 0 Å². The van der Waals surface area contributed by atoms with Crippen LogP contribution >= 0.6 is 15.6 Å². The molecule has 2 fully saturated rings. The van der Waals surface area contributed by atoms with Crippen LogP contribution in [0, 0.1) is 0 Å². The zero-order chi connectivity index (χ0) is 65.1. The van der Waals surface area contributed by atoms with Crippen molar-refractivity contribution >= 4 is 21.6 Å². The average Bonchev–Trinajstić information content (AvgIpc) is 0.992. The Hall–Kier alpha value is -0.930. The standard InChI is InChI=1S/C68H133NO18P2/c1-7-11-15-19-22-25-28-30-31-32-33-35-38-42-46-50-60(70)69-61-64(82-54-51-57(79-6)49-45-41-18-14-10-4)63(86-88(72,73)74)59(55-78-5)85-67(61)83-56-58-62(71)65(80-52-47-43-39-36-27-24-21-17-13-9-3)66(68(84-58)87-89(75,76)77)81-53-48-44-40-37-34-29-26-23-20-16-12-8-2/h30-31,57-59,61-68,71H,7-29,32-56H2,1-6H3,(H,69,70)(H2,72,73,74)(H2,75,76,77)/b31-30+/t57-,58-,59-,61-,62-,63-,64-,65+,66-,67-,68+/m1/s1. The lowest BCUT2D eigenvalue weighted by atomic mass is 9.95. The number of amides is 1. The van der Waals surface area contributed by atoms with Crippen LogP contribution < -0.4 is 5.32 Å². The molecule has 528 valence electrons. The molecule has 0 saturated carbocycles. The molecule has 6 N–H and O–H groups in total. The fraction of sp³-hybridized carbons (Fsp3) is 0.956. The largest absolute Gasteiger partial charge is 0.472 e. The Morgan fingerprint density at radius 1 is 0.449 bits per heavy atom. The monoisotopic (exact) mass is 1310 g/mol. The number of carbonyl (C=O) groups excluding carboxylic acids is 1. The molecular weight excluding hydrogens is 1180 g/mol. The molecule has 0 spiro atoms. The second kappa shape index (κ2) is 55.2. The van der Waals surface area contributed by atoms with E-state index in [9.17, 15) is 38.6 Å². The number of ether oxygens (including phenoxy) is 8. The molecule has 0 aromatic carbocycles. The van der Waals surface area contributed by atoms with E-state index < -0.39 is 83.6 Å². The van der Waals surface area contributed by atoms with Crippen molar-refractivity contribution in [3.8, 4) is 0 Å². The van der Waals surface area contributed by atoms with Crippen LogP contribution in [0.25, 0.3) is 0 Å². The van der Waals surface area contributed by atoms with Crippen LogP contribution in [0.2, 0.25) is 0 Å². The highest BCUT2D eigenvalue weighted by Gasteiger charge is 2.53. The van der Waals surface area contributed by atoms with Crippen LogP contribution in [0.15, 0.2) is 12.2 Å². The van der Waals surface area contributed by atoms with E-state index in [-0.39, 0.29) is 44.9 Å². The Morgan fingerprint density at radius 2 is 0.865 bits per heavy atom. The van der Waals surface area contributed by atoms with Crippen molar-refractivity contribution in [2.45, 2.75) is 371 Å². The Labute approximate surface area is 540 Å². The second-order valence-corrected chi connectivity index (χ2v) is 27.8. The minimum Gasteiger partial charge on any atom is -0.387 e. The zero-order valence-electron chi connectivity index (χ0n) is 56.9. The van der Waals surface area contributed by atoms with Gasteiger partial charge in [-0.15, -0.1) is 0 Å². The minimum absolute atomic E-state index is 0.0523. The summed E-state index contributed by atoms with van der Waals surface area (Å²) in [6, 6.07) is -1.25. The van der Waals surface area contributed by atoms with E-state index in [2.05, 4.69) is 45.2 Å². The number of nitrogens with one attached hydrogen (secondary N) is 1. The number of unbranched alkanes of at least 4 members (excludes halogenated alkanes) is 35. The summed E-state index contributed by atoms with van der Waals surface area (Å²) in [7, 11) is -7.42. The predicted molar refractivity (Wildman–Crippen MR) is 354 cm³/mol. The Kier molecular flexibility index (Phi) is 52.2. The van der Waals surface area contributed by atoms with Crippen molar-refractivity contribution in [1.29, 1.82) is 0 Å². The Morgan fingerprint density at radius 3 is 1.33 bits per heavy atom. The van der Waals surface area contributed by atoms with Gasteiger partial charge in [-0.05, 0) is 57.8 Å². The van der Waals surface area contributed by atoms with Crippen molar-refractivity contribution in [2.75, 3.05) is 47.3 Å². The number of hydrogen-bond acceptors (Lipinski definition) is 14. The maximum absolute atomic E-state index is 14.1. The molecule has 0 aliphatic carbocycles. The molecule has 19 nitrogen and oxygen atoms in total. The first-order chi connectivity index (χ1) is 43.1. The molecule has 0 aromatic heterocycles. The van der Waals surface area contributed by atoms with Gasteiger partial charge in [0.2, 0.25) is 5.91 Å². The summed E-state index contributed by atoms with van der Waals surface area (Å²) in [6.45, 7) is 8.62. The number of phosphoric acid groups is 2. The number of carbonyl (C=O) groups is 1. The third-order valence-corrected chi connectivity index (χ3v) is 18.3. The molecule has 2 saturated heterocycles. The van der Waals surface area contributed by atoms with Crippen LogP contribution in [0.1, 0.15) is 304 Å². The lowest BCUT2D eigenvalue weighted by Crippen LogP contribution is -2.67. The topological polar surface area (TPSA) is 257 Å². The van der Waals surface area contributed by atoms with Gasteiger partial charge in [-0.1, -0.05) is 252 Å². The molecule has 2 aliphatic heterocycles. The quantitative estimate of drug-likeness (QED) is 0.0188. The van der Waals surface area contributed by atoms with Gasteiger partial charge in [0.1, 0.15) is 48.8 Å². The molecule has 2 aliphatic rings. The van der Waals surface area contributed by atoms with E-state index in [1.54, 1.807) is 7.11 Å². The summed E-state index contributed by atoms with van der Waals surface area (Å²) in [5.41, 5.74) is 0. The van der Waals surface area contributed by atoms with Gasteiger partial charge in [0.15, 0.2) is 12.6 Å². The summed E-state index contributed by atoms with van der Waals surface area (Å²) >= 11 is 0. The lowest BCUT2D eigenvalue weighted by molar-refractivity contribution is -0.319. The van der Waals surface area contributed by atoms with Crippen LogP contribution in [-0.2, 0) is 60.9 Å². The van der Waals surface area contributed by atoms with Crippen molar-refractivity contribution in [1.82, 2.24) is 5.32 Å². The van der Waals surface area contributed by atoms with Crippen molar-refractivity contribution in [3.63, 3.8) is 0 Å². The summed E-state index contributed by atoms with van der Waals surface area (Å²) in [5.74, 6) is -0.377. The summed E-state index contributed by atoms with van der Waals surface area (Å²) in [6.07, 6.45) is 37.9. The molecule has 0 radical (unpaired) electrons. The number of allylic oxidation sites excluding steroid dienone is 2. The number of methoxy groups -OCH3 is 2. The molecule has 21 heteroatoms. The second-order valence-electron chi connectivity index (χ2n) is 25.4. The van der Waals surface area contributed by atoms with Gasteiger partial charge < -0.3 is 67.9 Å². The van der Waals surface area contributed by atoms with E-state index in [4.69, 9.17) is 46.9 Å². The first kappa shape index (κ1) is 84.2. The van der Waals surface area contributed by atoms with Crippen molar-refractivity contribution in [3.05, 3.63) is 12.2 Å². The highest BCUT2D eigenvalue weighted by Crippen LogP contribution is 2.44. The fourth-order valence-corrected chi connectivity index (χ4v) is 13.1. The number of phosphoric ester groups is 2. The molecule has 0 aromatic rings. The van der Waals surface area contributed by atoms with Gasteiger partial charge in [-0.25, -0.2) is 9.13 Å². The third-order valence-electron chi connectivity index (χ3n) is 17.3. The van der Waals surface area contributed by atoms with E-state index in [1.165, 1.54) is 136 Å². The normalized spacial score (nSPS) is 23.0. The van der Waals surface area contributed by atoms with Gasteiger partial charge in [0.25, 0.3) is 0 Å². The number of hydrogen-bond donors (Lipinski definition) is 6. The lowest BCUT2D eigenvalue weighted by Gasteiger charge is -2.47. The summed E-state index contributed by atoms with van der Waals surface area (Å²) in [4.78, 5) is 55.4. The van der Waals surface area contributed by atoms with Crippen LogP contribution in [0.5, 0.6) is 0 Å². The summed E-state index contributed by atoms with van der Waals surface area (Å²) in [5, 5.41) is 15.3. The predicted octanol–water partition coefficient (Wildman–Crippen LogP) is 16.1. The highest BCUT2D eigenvalue weighted by atomic mass is 31.2. The van der Waals surface area contributed by atoms with Crippen LogP contribution in [-0.4, -0.2) is 145 Å². The Bertz CT molecular complexity index is 1760. The molecule has 0 bridgehead atoms. The van der Waals surface area contributed by atoms with Gasteiger partial charge >= 0.3 is 15.6 Å². The molecule has 0 unspecified atom stereocenters. The molecule has 2 heterocycles.